The van der Waals surface area contributed by atoms with E-state index in [2.05, 4.69) is 28.2 Å². The fourth-order valence-electron chi connectivity index (χ4n) is 1.67. The van der Waals surface area contributed by atoms with Gasteiger partial charge in [0.15, 0.2) is 0 Å². The van der Waals surface area contributed by atoms with Crippen LogP contribution in [0.5, 0.6) is 5.75 Å². The summed E-state index contributed by atoms with van der Waals surface area (Å²) in [5, 5.41) is 13.2. The van der Waals surface area contributed by atoms with Crippen molar-refractivity contribution in [3.05, 3.63) is 29.8 Å². The maximum atomic E-state index is 11.6. The minimum atomic E-state index is 0.00657. The highest BCUT2D eigenvalue weighted by Gasteiger charge is 2.04. The lowest BCUT2D eigenvalue weighted by atomic mass is 10.1. The first-order chi connectivity index (χ1) is 8.61. The van der Waals surface area contributed by atoms with E-state index >= 15 is 0 Å². The highest BCUT2D eigenvalue weighted by Crippen LogP contribution is 2.11. The van der Waals surface area contributed by atoms with Crippen molar-refractivity contribution in [3.63, 3.8) is 0 Å². The van der Waals surface area contributed by atoms with Crippen LogP contribution in [0.4, 0.5) is 0 Å². The molecule has 100 valence electrons. The van der Waals surface area contributed by atoms with E-state index in [-0.39, 0.29) is 11.7 Å². The third-order valence-corrected chi connectivity index (χ3v) is 3.84. The Morgan fingerprint density at radius 3 is 2.94 bits per heavy atom. The van der Waals surface area contributed by atoms with Gasteiger partial charge < -0.3 is 10.4 Å². The van der Waals surface area contributed by atoms with Crippen LogP contribution in [-0.4, -0.2) is 22.9 Å². The molecule has 1 atom stereocenters. The van der Waals surface area contributed by atoms with Crippen LogP contribution in [0.2, 0.25) is 0 Å². The lowest BCUT2D eigenvalue weighted by Crippen LogP contribution is -2.26. The van der Waals surface area contributed by atoms with Crippen molar-refractivity contribution >= 4 is 21.8 Å². The van der Waals surface area contributed by atoms with Crippen molar-refractivity contribution in [2.24, 2.45) is 5.92 Å². The zero-order valence-corrected chi connectivity index (χ0v) is 12.2. The van der Waals surface area contributed by atoms with Crippen molar-refractivity contribution in [2.75, 3.05) is 11.9 Å². The number of benzene rings is 1. The number of aromatic hydroxyl groups is 1. The van der Waals surface area contributed by atoms with Gasteiger partial charge in [-0.3, -0.25) is 4.79 Å². The van der Waals surface area contributed by atoms with Crippen LogP contribution in [0.1, 0.15) is 25.3 Å². The van der Waals surface area contributed by atoms with E-state index in [1.807, 2.05) is 6.07 Å². The summed E-state index contributed by atoms with van der Waals surface area (Å²) in [6.07, 6.45) is 2.43. The SMILES string of the molecule is CC(CBr)CCCNC(=O)Cc1cccc(O)c1. The van der Waals surface area contributed by atoms with Gasteiger partial charge in [-0.2, -0.15) is 0 Å². The molecule has 4 heteroatoms. The Kier molecular flexibility index (Phi) is 6.80. The number of carbonyl (C=O) groups is 1. The number of phenols is 1. The van der Waals surface area contributed by atoms with Crippen LogP contribution in [0, 0.1) is 5.92 Å². The normalized spacial score (nSPS) is 12.1. The second-order valence-corrected chi connectivity index (χ2v) is 5.25. The highest BCUT2D eigenvalue weighted by molar-refractivity contribution is 9.09. The van der Waals surface area contributed by atoms with Gasteiger partial charge in [-0.15, -0.1) is 0 Å². The Morgan fingerprint density at radius 1 is 1.50 bits per heavy atom. The van der Waals surface area contributed by atoms with Gasteiger partial charge >= 0.3 is 0 Å². The Bertz CT molecular complexity index is 382. The lowest BCUT2D eigenvalue weighted by molar-refractivity contribution is -0.120. The molecule has 0 radical (unpaired) electrons. The fraction of sp³-hybridized carbons (Fsp3) is 0.500. The van der Waals surface area contributed by atoms with Gasteiger partial charge in [0, 0.05) is 11.9 Å². The monoisotopic (exact) mass is 313 g/mol. The van der Waals surface area contributed by atoms with Gasteiger partial charge in [-0.1, -0.05) is 35.0 Å². The summed E-state index contributed by atoms with van der Waals surface area (Å²) in [7, 11) is 0. The van der Waals surface area contributed by atoms with Crippen LogP contribution in [0.25, 0.3) is 0 Å². The molecular formula is C14H20BrNO2. The number of halogens is 1. The average molecular weight is 314 g/mol. The summed E-state index contributed by atoms with van der Waals surface area (Å²) in [5.41, 5.74) is 0.835. The number of carbonyl (C=O) groups excluding carboxylic acids is 1. The number of hydrogen-bond donors (Lipinski definition) is 2. The molecule has 1 aromatic carbocycles. The van der Waals surface area contributed by atoms with Crippen molar-refractivity contribution < 1.29 is 9.90 Å². The number of rotatable bonds is 7. The predicted octanol–water partition coefficient (Wildman–Crippen LogP) is 2.86. The smallest absolute Gasteiger partial charge is 0.224 e. The Balaban J connectivity index is 2.22. The zero-order valence-electron chi connectivity index (χ0n) is 10.7. The van der Waals surface area contributed by atoms with Crippen molar-refractivity contribution in [3.8, 4) is 5.75 Å². The Labute approximate surface area is 117 Å². The predicted molar refractivity (Wildman–Crippen MR) is 77.0 cm³/mol. The molecule has 0 aliphatic carbocycles. The molecule has 0 aliphatic heterocycles. The summed E-state index contributed by atoms with van der Waals surface area (Å²) in [6, 6.07) is 6.80. The van der Waals surface area contributed by atoms with Gasteiger partial charge in [0.05, 0.1) is 6.42 Å². The summed E-state index contributed by atoms with van der Waals surface area (Å²) < 4.78 is 0. The van der Waals surface area contributed by atoms with E-state index in [0.29, 0.717) is 12.3 Å². The van der Waals surface area contributed by atoms with Crippen LogP contribution in [0.15, 0.2) is 24.3 Å². The molecule has 0 aromatic heterocycles. The molecule has 1 aromatic rings. The third kappa shape index (κ3) is 6.05. The largest absolute Gasteiger partial charge is 0.508 e. The van der Waals surface area contributed by atoms with Crippen LogP contribution in [-0.2, 0) is 11.2 Å². The summed E-state index contributed by atoms with van der Waals surface area (Å²) in [6.45, 7) is 2.90. The minimum Gasteiger partial charge on any atom is -0.508 e. The molecule has 2 N–H and O–H groups in total. The molecule has 3 nitrogen and oxygen atoms in total. The zero-order chi connectivity index (χ0) is 13.4. The second kappa shape index (κ2) is 8.14. The standard InChI is InChI=1S/C14H20BrNO2/c1-11(10-15)4-3-7-16-14(18)9-12-5-2-6-13(17)8-12/h2,5-6,8,11,17H,3-4,7,9-10H2,1H3,(H,16,18). The van der Waals surface area contributed by atoms with Crippen molar-refractivity contribution in [1.82, 2.24) is 5.32 Å². The van der Waals surface area contributed by atoms with Gasteiger partial charge in [0.1, 0.15) is 5.75 Å². The van der Waals surface area contributed by atoms with Crippen LogP contribution in [0.3, 0.4) is 0 Å². The van der Waals surface area contributed by atoms with Crippen molar-refractivity contribution in [2.45, 2.75) is 26.2 Å². The van der Waals surface area contributed by atoms with E-state index < -0.39 is 0 Å². The molecular weight excluding hydrogens is 294 g/mol. The van der Waals surface area contributed by atoms with Crippen LogP contribution >= 0.6 is 15.9 Å². The Morgan fingerprint density at radius 2 is 2.28 bits per heavy atom. The number of nitrogens with one attached hydrogen (secondary N) is 1. The average Bonchev–Trinajstić information content (AvgIpc) is 2.34. The van der Waals surface area contributed by atoms with E-state index in [4.69, 9.17) is 0 Å². The highest BCUT2D eigenvalue weighted by atomic mass is 79.9. The fourth-order valence-corrected chi connectivity index (χ4v) is 1.99. The lowest BCUT2D eigenvalue weighted by Gasteiger charge is -2.08. The number of amides is 1. The molecule has 1 rings (SSSR count). The van der Waals surface area contributed by atoms with E-state index in [1.165, 1.54) is 0 Å². The summed E-state index contributed by atoms with van der Waals surface area (Å²) in [5.74, 6) is 0.853. The molecule has 0 spiro atoms. The number of hydrogen-bond acceptors (Lipinski definition) is 2. The molecule has 0 heterocycles. The molecule has 1 unspecified atom stereocenters. The molecule has 18 heavy (non-hydrogen) atoms. The van der Waals surface area contributed by atoms with Gasteiger partial charge in [0.2, 0.25) is 5.91 Å². The van der Waals surface area contributed by atoms with Crippen molar-refractivity contribution in [1.29, 1.82) is 0 Å². The van der Waals surface area contributed by atoms with E-state index in [0.717, 1.165) is 30.3 Å². The first kappa shape index (κ1) is 15.0. The molecule has 1 amide bonds. The molecule has 0 aliphatic rings. The number of alkyl halides is 1. The first-order valence-electron chi connectivity index (χ1n) is 6.22. The maximum absolute atomic E-state index is 11.6. The van der Waals surface area contributed by atoms with Gasteiger partial charge in [-0.05, 0) is 36.5 Å². The minimum absolute atomic E-state index is 0.00657. The Hall–Kier alpha value is -1.03. The maximum Gasteiger partial charge on any atom is 0.224 e. The van der Waals surface area contributed by atoms with E-state index in [1.54, 1.807) is 18.2 Å². The topological polar surface area (TPSA) is 49.3 Å². The second-order valence-electron chi connectivity index (χ2n) is 4.60. The summed E-state index contributed by atoms with van der Waals surface area (Å²) in [4.78, 5) is 11.6. The summed E-state index contributed by atoms with van der Waals surface area (Å²) >= 11 is 3.44. The molecule has 0 fully saturated rings. The molecule has 0 saturated heterocycles. The van der Waals surface area contributed by atoms with Crippen LogP contribution < -0.4 is 5.32 Å². The van der Waals surface area contributed by atoms with Gasteiger partial charge in [0.25, 0.3) is 0 Å². The first-order valence-corrected chi connectivity index (χ1v) is 7.34. The van der Waals surface area contributed by atoms with Gasteiger partial charge in [-0.25, -0.2) is 0 Å². The molecule has 0 bridgehead atoms. The third-order valence-electron chi connectivity index (χ3n) is 2.73. The quantitative estimate of drug-likeness (QED) is 0.600. The van der Waals surface area contributed by atoms with E-state index in [9.17, 15) is 9.90 Å². The number of phenolic OH excluding ortho intramolecular Hbond substituents is 1. The molecule has 0 saturated carbocycles.